The molecule has 3 aromatic carbocycles. The normalized spacial score (nSPS) is 11.2. The van der Waals surface area contributed by atoms with Crippen molar-refractivity contribution >= 4 is 23.4 Å². The molecule has 0 unspecified atom stereocenters. The maximum absolute atomic E-state index is 14.8. The van der Waals surface area contributed by atoms with Gasteiger partial charge in [-0.1, -0.05) is 24.3 Å². The fraction of sp³-hybridized carbons (Fsp3) is 0.0714. The SMILES string of the molecule is CCOC(=O)C(C#N)=Cc1ccc(-c2cc(-c3ccc(O)cc3F)sc2-c2ccc(O)cc2F)cc1. The second-order valence-electron chi connectivity index (χ2n) is 7.69. The summed E-state index contributed by atoms with van der Waals surface area (Å²) >= 11 is 1.17. The zero-order chi connectivity index (χ0) is 25.8. The quantitative estimate of drug-likeness (QED) is 0.170. The first-order valence-electron chi connectivity index (χ1n) is 10.8. The molecule has 4 aromatic rings. The summed E-state index contributed by atoms with van der Waals surface area (Å²) in [6.07, 6.45) is 1.41. The van der Waals surface area contributed by atoms with Crippen molar-refractivity contribution in [2.45, 2.75) is 6.92 Å². The minimum atomic E-state index is -0.715. The van der Waals surface area contributed by atoms with E-state index in [1.807, 2.05) is 6.07 Å². The van der Waals surface area contributed by atoms with Gasteiger partial charge in [0.05, 0.1) is 6.61 Å². The maximum atomic E-state index is 14.8. The van der Waals surface area contributed by atoms with Crippen LogP contribution in [0.15, 0.2) is 72.3 Å². The Bertz CT molecular complexity index is 1520. The molecule has 5 nitrogen and oxygen atoms in total. The zero-order valence-corrected chi connectivity index (χ0v) is 19.8. The number of aromatic hydroxyl groups is 2. The van der Waals surface area contributed by atoms with Crippen LogP contribution in [0.25, 0.3) is 38.1 Å². The van der Waals surface area contributed by atoms with Crippen molar-refractivity contribution in [2.24, 2.45) is 0 Å². The first-order valence-corrected chi connectivity index (χ1v) is 11.6. The molecular formula is C28H19F2NO4S. The highest BCUT2D eigenvalue weighted by molar-refractivity contribution is 7.19. The number of benzene rings is 3. The van der Waals surface area contributed by atoms with Crippen LogP contribution in [0.4, 0.5) is 8.78 Å². The number of phenolic OH excluding ortho intramolecular Hbond substituents is 2. The molecule has 36 heavy (non-hydrogen) atoms. The molecule has 0 aliphatic carbocycles. The van der Waals surface area contributed by atoms with E-state index in [-0.39, 0.29) is 34.8 Å². The first kappa shape index (κ1) is 24.6. The fourth-order valence-electron chi connectivity index (χ4n) is 3.60. The second-order valence-corrected chi connectivity index (χ2v) is 8.75. The van der Waals surface area contributed by atoms with Crippen molar-refractivity contribution in [1.29, 1.82) is 5.26 Å². The summed E-state index contributed by atoms with van der Waals surface area (Å²) in [4.78, 5) is 12.9. The molecule has 0 atom stereocenters. The zero-order valence-electron chi connectivity index (χ0n) is 19.0. The van der Waals surface area contributed by atoms with Gasteiger partial charge >= 0.3 is 5.97 Å². The van der Waals surface area contributed by atoms with Gasteiger partial charge in [-0.25, -0.2) is 13.6 Å². The molecule has 180 valence electrons. The molecule has 0 saturated heterocycles. The summed E-state index contributed by atoms with van der Waals surface area (Å²) in [6, 6.07) is 18.1. The van der Waals surface area contributed by atoms with E-state index in [0.717, 1.165) is 12.1 Å². The first-order chi connectivity index (χ1) is 17.3. The standard InChI is InChI=1S/C28H19F2NO4S/c1-2-35-28(34)18(15-31)11-16-3-5-17(6-4-16)23-14-26(21-9-7-19(32)12-24(21)29)36-27(23)22-10-8-20(33)13-25(22)30/h3-14,32-33H,2H2,1H3. The molecule has 0 aliphatic rings. The molecule has 0 spiro atoms. The van der Waals surface area contributed by atoms with Gasteiger partial charge in [-0.05, 0) is 54.5 Å². The Labute approximate surface area is 209 Å². The van der Waals surface area contributed by atoms with Crippen LogP contribution in [0.2, 0.25) is 0 Å². The third kappa shape index (κ3) is 5.11. The van der Waals surface area contributed by atoms with Crippen LogP contribution >= 0.6 is 11.3 Å². The summed E-state index contributed by atoms with van der Waals surface area (Å²) in [7, 11) is 0. The van der Waals surface area contributed by atoms with Crippen LogP contribution in [0.3, 0.4) is 0 Å². The Morgan fingerprint density at radius 3 is 2.11 bits per heavy atom. The number of ether oxygens (including phenoxy) is 1. The van der Waals surface area contributed by atoms with Gasteiger partial charge in [0.15, 0.2) is 0 Å². The highest BCUT2D eigenvalue weighted by atomic mass is 32.1. The molecule has 0 aliphatic heterocycles. The monoisotopic (exact) mass is 503 g/mol. The lowest BCUT2D eigenvalue weighted by molar-refractivity contribution is -0.137. The van der Waals surface area contributed by atoms with Crippen LogP contribution in [-0.2, 0) is 9.53 Å². The minimum absolute atomic E-state index is 0.142. The van der Waals surface area contributed by atoms with Crippen molar-refractivity contribution < 1.29 is 28.5 Å². The van der Waals surface area contributed by atoms with Crippen molar-refractivity contribution in [3.8, 4) is 49.6 Å². The van der Waals surface area contributed by atoms with Crippen LogP contribution in [0.5, 0.6) is 11.5 Å². The van der Waals surface area contributed by atoms with E-state index < -0.39 is 17.6 Å². The van der Waals surface area contributed by atoms with Crippen LogP contribution in [0, 0.1) is 23.0 Å². The number of carbonyl (C=O) groups is 1. The summed E-state index contributed by atoms with van der Waals surface area (Å²) in [6.45, 7) is 1.80. The Morgan fingerprint density at radius 2 is 1.56 bits per heavy atom. The summed E-state index contributed by atoms with van der Waals surface area (Å²) in [5.41, 5.74) is 2.23. The number of rotatable bonds is 6. The number of nitriles is 1. The number of hydrogen-bond donors (Lipinski definition) is 2. The van der Waals surface area contributed by atoms with E-state index >= 15 is 0 Å². The third-order valence-corrected chi connectivity index (χ3v) is 6.50. The number of carbonyl (C=O) groups excluding carboxylic acids is 1. The van der Waals surface area contributed by atoms with Gasteiger partial charge in [-0.2, -0.15) is 5.26 Å². The van der Waals surface area contributed by atoms with Crippen LogP contribution in [0.1, 0.15) is 12.5 Å². The molecule has 8 heteroatoms. The Morgan fingerprint density at radius 1 is 0.944 bits per heavy atom. The molecule has 2 N–H and O–H groups in total. The molecule has 1 heterocycles. The Kier molecular flexibility index (Phi) is 7.13. The lowest BCUT2D eigenvalue weighted by Gasteiger charge is -2.07. The number of thiophene rings is 1. The van der Waals surface area contributed by atoms with Gasteiger partial charge in [0.1, 0.15) is 34.8 Å². The average Bonchev–Trinajstić information content (AvgIpc) is 3.27. The van der Waals surface area contributed by atoms with Crippen LogP contribution < -0.4 is 0 Å². The molecular weight excluding hydrogens is 484 g/mol. The molecule has 0 amide bonds. The van der Waals surface area contributed by atoms with Crippen molar-refractivity contribution in [1.82, 2.24) is 0 Å². The van der Waals surface area contributed by atoms with Gasteiger partial charge in [0.2, 0.25) is 0 Å². The molecule has 0 radical (unpaired) electrons. The second kappa shape index (κ2) is 10.4. The molecule has 4 rings (SSSR count). The van der Waals surface area contributed by atoms with E-state index in [4.69, 9.17) is 4.74 Å². The minimum Gasteiger partial charge on any atom is -0.508 e. The van der Waals surface area contributed by atoms with Gasteiger partial charge in [-0.15, -0.1) is 11.3 Å². The highest BCUT2D eigenvalue weighted by Crippen LogP contribution is 2.45. The predicted molar refractivity (Wildman–Crippen MR) is 134 cm³/mol. The summed E-state index contributed by atoms with van der Waals surface area (Å²) in [5.74, 6) is -2.40. The average molecular weight is 504 g/mol. The third-order valence-electron chi connectivity index (χ3n) is 5.30. The number of halogens is 2. The van der Waals surface area contributed by atoms with E-state index in [0.29, 0.717) is 26.4 Å². The molecule has 0 fully saturated rings. The lowest BCUT2D eigenvalue weighted by atomic mass is 9.99. The van der Waals surface area contributed by atoms with Crippen molar-refractivity contribution in [2.75, 3.05) is 6.61 Å². The van der Waals surface area contributed by atoms with E-state index in [1.165, 1.54) is 41.7 Å². The van der Waals surface area contributed by atoms with Gasteiger partial charge in [0, 0.05) is 38.6 Å². The Hall–Kier alpha value is -4.48. The fourth-order valence-corrected chi connectivity index (χ4v) is 4.84. The molecule has 0 saturated carbocycles. The van der Waals surface area contributed by atoms with Gasteiger partial charge in [-0.3, -0.25) is 0 Å². The number of esters is 1. The Balaban J connectivity index is 1.82. The van der Waals surface area contributed by atoms with Crippen molar-refractivity contribution in [3.63, 3.8) is 0 Å². The lowest BCUT2D eigenvalue weighted by Crippen LogP contribution is -2.05. The number of hydrogen-bond acceptors (Lipinski definition) is 6. The van der Waals surface area contributed by atoms with E-state index in [2.05, 4.69) is 0 Å². The smallest absolute Gasteiger partial charge is 0.348 e. The van der Waals surface area contributed by atoms with Gasteiger partial charge < -0.3 is 14.9 Å². The topological polar surface area (TPSA) is 90.6 Å². The number of phenols is 2. The largest absolute Gasteiger partial charge is 0.508 e. The summed E-state index contributed by atoms with van der Waals surface area (Å²) < 4.78 is 34.3. The highest BCUT2D eigenvalue weighted by Gasteiger charge is 2.19. The maximum Gasteiger partial charge on any atom is 0.348 e. The molecule has 1 aromatic heterocycles. The van der Waals surface area contributed by atoms with E-state index in [9.17, 15) is 29.1 Å². The van der Waals surface area contributed by atoms with Crippen LogP contribution in [-0.4, -0.2) is 22.8 Å². The predicted octanol–water partition coefficient (Wildman–Crippen LogP) is 6.91. The molecule has 0 bridgehead atoms. The number of nitrogens with zero attached hydrogens (tertiary/aromatic N) is 1. The van der Waals surface area contributed by atoms with Crippen molar-refractivity contribution in [3.05, 3.63) is 89.5 Å². The van der Waals surface area contributed by atoms with E-state index in [1.54, 1.807) is 37.3 Å². The summed E-state index contributed by atoms with van der Waals surface area (Å²) in [5, 5.41) is 28.5. The van der Waals surface area contributed by atoms with Gasteiger partial charge in [0.25, 0.3) is 0 Å².